The Hall–Kier alpha value is -2.99. The quantitative estimate of drug-likeness (QED) is 0.387. The summed E-state index contributed by atoms with van der Waals surface area (Å²) in [5.74, 6) is -0.475. The lowest BCUT2D eigenvalue weighted by atomic mass is 9.79. The van der Waals surface area contributed by atoms with Crippen LogP contribution in [-0.2, 0) is 16.0 Å². The lowest BCUT2D eigenvalue weighted by Gasteiger charge is -2.47. The first-order chi connectivity index (χ1) is 15.7. The van der Waals surface area contributed by atoms with E-state index in [-0.39, 0.29) is 16.2 Å². The van der Waals surface area contributed by atoms with Crippen LogP contribution in [0.3, 0.4) is 0 Å². The number of rotatable bonds is 4. The molecule has 2 aromatic rings. The number of carbonyl (C=O) groups is 2. The van der Waals surface area contributed by atoms with Crippen molar-refractivity contribution in [1.29, 1.82) is 0 Å². The third-order valence-corrected chi connectivity index (χ3v) is 7.04. The SMILES string of the molecule is CCc1ccccc1N1C(=O)/C(=C/c2ccc3c(c2)C(C)CC(C)(C)N3CC)C(=O)NC1=S. The summed E-state index contributed by atoms with van der Waals surface area (Å²) in [6.07, 6.45) is 3.48. The first-order valence-electron chi connectivity index (χ1n) is 11.6. The minimum Gasteiger partial charge on any atom is -0.366 e. The number of aryl methyl sites for hydroxylation is 1. The number of nitrogens with zero attached hydrogens (tertiary/aromatic N) is 2. The van der Waals surface area contributed by atoms with Crippen molar-refractivity contribution >= 4 is 46.6 Å². The van der Waals surface area contributed by atoms with Gasteiger partial charge in [-0.05, 0) is 92.7 Å². The van der Waals surface area contributed by atoms with Crippen LogP contribution in [0.2, 0.25) is 0 Å². The number of nitrogens with one attached hydrogen (secondary N) is 1. The minimum atomic E-state index is -0.461. The van der Waals surface area contributed by atoms with E-state index >= 15 is 0 Å². The van der Waals surface area contributed by atoms with Gasteiger partial charge < -0.3 is 4.90 Å². The summed E-state index contributed by atoms with van der Waals surface area (Å²) in [6, 6.07) is 13.8. The largest absolute Gasteiger partial charge is 0.366 e. The van der Waals surface area contributed by atoms with Gasteiger partial charge in [-0.1, -0.05) is 38.1 Å². The van der Waals surface area contributed by atoms with Gasteiger partial charge in [0, 0.05) is 17.8 Å². The highest BCUT2D eigenvalue weighted by molar-refractivity contribution is 7.80. The molecule has 1 fully saturated rings. The molecule has 2 aliphatic heterocycles. The molecule has 1 unspecified atom stereocenters. The summed E-state index contributed by atoms with van der Waals surface area (Å²) in [7, 11) is 0. The Kier molecular flexibility index (Phi) is 6.14. The molecule has 1 atom stereocenters. The lowest BCUT2D eigenvalue weighted by Crippen LogP contribution is -2.54. The molecular formula is C27H31N3O2S. The lowest BCUT2D eigenvalue weighted by molar-refractivity contribution is -0.122. The van der Waals surface area contributed by atoms with Crippen molar-refractivity contribution in [3.05, 3.63) is 64.7 Å². The fraction of sp³-hybridized carbons (Fsp3) is 0.370. The van der Waals surface area contributed by atoms with Crippen molar-refractivity contribution in [2.24, 2.45) is 0 Å². The van der Waals surface area contributed by atoms with E-state index in [0.29, 0.717) is 11.6 Å². The molecule has 6 heteroatoms. The van der Waals surface area contributed by atoms with E-state index in [9.17, 15) is 9.59 Å². The maximum Gasteiger partial charge on any atom is 0.270 e. The van der Waals surface area contributed by atoms with Gasteiger partial charge in [0.25, 0.3) is 11.8 Å². The van der Waals surface area contributed by atoms with Crippen molar-refractivity contribution in [2.75, 3.05) is 16.3 Å². The number of para-hydroxylation sites is 1. The van der Waals surface area contributed by atoms with Crippen LogP contribution < -0.4 is 15.1 Å². The van der Waals surface area contributed by atoms with Crippen LogP contribution >= 0.6 is 12.2 Å². The molecule has 2 aromatic carbocycles. The molecule has 0 radical (unpaired) electrons. The van der Waals surface area contributed by atoms with Crippen LogP contribution in [-0.4, -0.2) is 29.0 Å². The second-order valence-corrected chi connectivity index (χ2v) is 9.81. The van der Waals surface area contributed by atoms with Crippen LogP contribution in [0.5, 0.6) is 0 Å². The number of amides is 2. The summed E-state index contributed by atoms with van der Waals surface area (Å²) >= 11 is 5.37. The van der Waals surface area contributed by atoms with E-state index in [2.05, 4.69) is 50.0 Å². The summed E-state index contributed by atoms with van der Waals surface area (Å²) in [5, 5.41) is 2.81. The second kappa shape index (κ2) is 8.75. The molecular weight excluding hydrogens is 430 g/mol. The number of carbonyl (C=O) groups excluding carboxylic acids is 2. The third kappa shape index (κ3) is 4.08. The predicted octanol–water partition coefficient (Wildman–Crippen LogP) is 5.19. The highest BCUT2D eigenvalue weighted by Gasteiger charge is 2.37. The van der Waals surface area contributed by atoms with Crippen LogP contribution in [0.4, 0.5) is 11.4 Å². The van der Waals surface area contributed by atoms with Crippen molar-refractivity contribution in [2.45, 2.75) is 58.9 Å². The van der Waals surface area contributed by atoms with E-state index in [4.69, 9.17) is 12.2 Å². The van der Waals surface area contributed by atoms with Crippen molar-refractivity contribution in [3.8, 4) is 0 Å². The Balaban J connectivity index is 1.74. The van der Waals surface area contributed by atoms with Crippen LogP contribution in [0, 0.1) is 0 Å². The van der Waals surface area contributed by atoms with Crippen LogP contribution in [0.1, 0.15) is 63.6 Å². The van der Waals surface area contributed by atoms with Gasteiger partial charge in [0.2, 0.25) is 0 Å². The third-order valence-electron chi connectivity index (χ3n) is 6.75. The van der Waals surface area contributed by atoms with E-state index in [1.54, 1.807) is 6.08 Å². The fourth-order valence-electron chi connectivity index (χ4n) is 5.27. The van der Waals surface area contributed by atoms with Gasteiger partial charge in [-0.3, -0.25) is 19.8 Å². The van der Waals surface area contributed by atoms with E-state index in [1.165, 1.54) is 16.2 Å². The number of hydrogen-bond donors (Lipinski definition) is 1. The predicted molar refractivity (Wildman–Crippen MR) is 139 cm³/mol. The van der Waals surface area contributed by atoms with Crippen LogP contribution in [0.15, 0.2) is 48.0 Å². The number of thiocarbonyl (C=S) groups is 1. The van der Waals surface area contributed by atoms with Crippen molar-refractivity contribution < 1.29 is 9.59 Å². The molecule has 0 aromatic heterocycles. The fourth-order valence-corrected chi connectivity index (χ4v) is 5.54. The molecule has 0 aliphatic carbocycles. The molecule has 2 amide bonds. The molecule has 0 saturated carbocycles. The first-order valence-corrected chi connectivity index (χ1v) is 12.0. The Morgan fingerprint density at radius 1 is 1.12 bits per heavy atom. The maximum atomic E-state index is 13.5. The average molecular weight is 462 g/mol. The van der Waals surface area contributed by atoms with Gasteiger partial charge in [-0.2, -0.15) is 0 Å². The normalized spacial score (nSPS) is 21.3. The Bertz CT molecular complexity index is 1170. The topological polar surface area (TPSA) is 52.7 Å². The number of hydrogen-bond acceptors (Lipinski definition) is 4. The molecule has 2 heterocycles. The summed E-state index contributed by atoms with van der Waals surface area (Å²) < 4.78 is 0. The van der Waals surface area contributed by atoms with E-state index < -0.39 is 11.8 Å². The highest BCUT2D eigenvalue weighted by Crippen LogP contribution is 2.43. The molecule has 33 heavy (non-hydrogen) atoms. The van der Waals surface area contributed by atoms with Gasteiger partial charge in [-0.15, -0.1) is 0 Å². The number of fused-ring (bicyclic) bond motifs is 1. The van der Waals surface area contributed by atoms with Gasteiger partial charge in [0.05, 0.1) is 5.69 Å². The molecule has 172 valence electrons. The van der Waals surface area contributed by atoms with Crippen molar-refractivity contribution in [1.82, 2.24) is 5.32 Å². The van der Waals surface area contributed by atoms with Crippen molar-refractivity contribution in [3.63, 3.8) is 0 Å². The van der Waals surface area contributed by atoms with Crippen LogP contribution in [0.25, 0.3) is 6.08 Å². The zero-order chi connectivity index (χ0) is 23.9. The minimum absolute atomic E-state index is 0.0865. The Morgan fingerprint density at radius 2 is 1.85 bits per heavy atom. The molecule has 0 bridgehead atoms. The maximum absolute atomic E-state index is 13.5. The summed E-state index contributed by atoms with van der Waals surface area (Å²) in [5.41, 5.74) is 5.19. The highest BCUT2D eigenvalue weighted by atomic mass is 32.1. The van der Waals surface area contributed by atoms with Gasteiger partial charge >= 0.3 is 0 Å². The monoisotopic (exact) mass is 461 g/mol. The summed E-state index contributed by atoms with van der Waals surface area (Å²) in [6.45, 7) is 11.9. The van der Waals surface area contributed by atoms with Gasteiger partial charge in [0.1, 0.15) is 5.57 Å². The van der Waals surface area contributed by atoms with Gasteiger partial charge in [0.15, 0.2) is 5.11 Å². The van der Waals surface area contributed by atoms with E-state index in [0.717, 1.165) is 30.5 Å². The number of benzene rings is 2. The Labute approximate surface area is 201 Å². The molecule has 2 aliphatic rings. The smallest absolute Gasteiger partial charge is 0.270 e. The molecule has 5 nitrogen and oxygen atoms in total. The van der Waals surface area contributed by atoms with E-state index in [1.807, 2.05) is 37.3 Å². The zero-order valence-corrected chi connectivity index (χ0v) is 20.8. The second-order valence-electron chi connectivity index (χ2n) is 9.42. The molecule has 1 saturated heterocycles. The molecule has 1 N–H and O–H groups in total. The summed E-state index contributed by atoms with van der Waals surface area (Å²) in [4.78, 5) is 30.1. The Morgan fingerprint density at radius 3 is 2.55 bits per heavy atom. The molecule has 4 rings (SSSR count). The number of anilines is 2. The average Bonchev–Trinajstić information content (AvgIpc) is 2.77. The van der Waals surface area contributed by atoms with Gasteiger partial charge in [-0.25, -0.2) is 0 Å². The molecule has 0 spiro atoms. The zero-order valence-electron chi connectivity index (χ0n) is 19.9. The standard InChI is InChI=1S/C27H31N3O2S/c1-6-19-10-8-9-11-22(19)30-25(32)21(24(31)28-26(30)33)15-18-12-13-23-20(14-18)17(3)16-27(4,5)29(23)7-2/h8-15,17H,6-7,16H2,1-5H3,(H,28,31,33)/b21-15+. The first kappa shape index (κ1) is 23.2.